The summed E-state index contributed by atoms with van der Waals surface area (Å²) in [6.45, 7) is 2.47. The first-order valence-electron chi connectivity index (χ1n) is 4.51. The average Bonchev–Trinajstić information content (AvgIpc) is 1.97. The molecule has 0 heterocycles. The van der Waals surface area contributed by atoms with Crippen LogP contribution in [0, 0.1) is 0 Å². The van der Waals surface area contributed by atoms with Gasteiger partial charge in [-0.3, -0.25) is 0 Å². The first-order valence-corrected chi connectivity index (χ1v) is 5.99. The minimum atomic E-state index is -3.32. The first kappa shape index (κ1) is 10.9. The van der Waals surface area contributed by atoms with E-state index in [4.69, 9.17) is 5.73 Å². The highest BCUT2D eigenvalue weighted by Crippen LogP contribution is 2.28. The molecule has 78 valence electrons. The second-order valence-electron chi connectivity index (χ2n) is 3.54. The van der Waals surface area contributed by atoms with Crippen molar-refractivity contribution in [2.45, 2.75) is 31.7 Å². The average molecular weight is 207 g/mol. The lowest BCUT2D eigenvalue weighted by atomic mass is 9.78. The Bertz CT molecular complexity index is 259. The molecule has 13 heavy (non-hydrogen) atoms. The Hall–Kier alpha value is -0.170. The van der Waals surface area contributed by atoms with Crippen molar-refractivity contribution < 1.29 is 8.42 Å². The van der Waals surface area contributed by atoms with Gasteiger partial charge >= 0.3 is 0 Å². The SMILES string of the molecule is CCNS(=O)(=O)NCC1(N)CCC1. The molecule has 0 aromatic rings. The molecule has 0 aromatic carbocycles. The maximum absolute atomic E-state index is 11.1. The summed E-state index contributed by atoms with van der Waals surface area (Å²) in [4.78, 5) is 0. The van der Waals surface area contributed by atoms with E-state index < -0.39 is 10.2 Å². The number of nitrogens with two attached hydrogens (primary N) is 1. The fraction of sp³-hybridized carbons (Fsp3) is 1.00. The van der Waals surface area contributed by atoms with Gasteiger partial charge in [-0.1, -0.05) is 6.92 Å². The van der Waals surface area contributed by atoms with Gasteiger partial charge in [-0.2, -0.15) is 8.42 Å². The van der Waals surface area contributed by atoms with Crippen molar-refractivity contribution in [3.05, 3.63) is 0 Å². The van der Waals surface area contributed by atoms with Gasteiger partial charge < -0.3 is 5.73 Å². The number of rotatable bonds is 5. The molecule has 1 aliphatic carbocycles. The van der Waals surface area contributed by atoms with Gasteiger partial charge in [0, 0.05) is 18.6 Å². The lowest BCUT2D eigenvalue weighted by Crippen LogP contribution is -2.56. The third-order valence-corrected chi connectivity index (χ3v) is 3.49. The maximum atomic E-state index is 11.1. The minimum Gasteiger partial charge on any atom is -0.324 e. The molecule has 1 saturated carbocycles. The molecule has 5 nitrogen and oxygen atoms in total. The normalized spacial score (nSPS) is 21.1. The summed E-state index contributed by atoms with van der Waals surface area (Å²) >= 11 is 0. The third kappa shape index (κ3) is 3.22. The smallest absolute Gasteiger partial charge is 0.276 e. The van der Waals surface area contributed by atoms with Crippen LogP contribution in [0.4, 0.5) is 0 Å². The summed E-state index contributed by atoms with van der Waals surface area (Å²) < 4.78 is 27.1. The van der Waals surface area contributed by atoms with Gasteiger partial charge in [0.2, 0.25) is 0 Å². The summed E-state index contributed by atoms with van der Waals surface area (Å²) in [5, 5.41) is 0. The van der Waals surface area contributed by atoms with Crippen LogP contribution in [0.25, 0.3) is 0 Å². The number of hydrogen-bond acceptors (Lipinski definition) is 3. The van der Waals surface area contributed by atoms with Crippen LogP contribution in [0.15, 0.2) is 0 Å². The highest BCUT2D eigenvalue weighted by molar-refractivity contribution is 7.87. The van der Waals surface area contributed by atoms with E-state index in [0.29, 0.717) is 13.1 Å². The lowest BCUT2D eigenvalue weighted by molar-refractivity contribution is 0.250. The van der Waals surface area contributed by atoms with Gasteiger partial charge in [-0.25, -0.2) is 9.44 Å². The summed E-state index contributed by atoms with van der Waals surface area (Å²) in [5.41, 5.74) is 5.55. The van der Waals surface area contributed by atoms with Crippen LogP contribution in [0.1, 0.15) is 26.2 Å². The Kier molecular flexibility index (Phi) is 3.28. The van der Waals surface area contributed by atoms with Crippen molar-refractivity contribution in [3.8, 4) is 0 Å². The molecule has 0 saturated heterocycles. The van der Waals surface area contributed by atoms with Crippen molar-refractivity contribution in [1.82, 2.24) is 9.44 Å². The van der Waals surface area contributed by atoms with Crippen molar-refractivity contribution in [3.63, 3.8) is 0 Å². The van der Waals surface area contributed by atoms with E-state index in [1.54, 1.807) is 6.92 Å². The summed E-state index contributed by atoms with van der Waals surface area (Å²) in [7, 11) is -3.32. The van der Waals surface area contributed by atoms with E-state index in [-0.39, 0.29) is 5.54 Å². The molecule has 0 radical (unpaired) electrons. The van der Waals surface area contributed by atoms with E-state index in [1.165, 1.54) is 0 Å². The Morgan fingerprint density at radius 1 is 1.38 bits per heavy atom. The molecule has 0 atom stereocenters. The molecule has 1 rings (SSSR count). The van der Waals surface area contributed by atoms with Crippen LogP contribution >= 0.6 is 0 Å². The van der Waals surface area contributed by atoms with Crippen LogP contribution in [-0.2, 0) is 10.2 Å². The molecule has 0 bridgehead atoms. The maximum Gasteiger partial charge on any atom is 0.276 e. The fourth-order valence-corrected chi connectivity index (χ4v) is 2.25. The number of nitrogens with one attached hydrogen (secondary N) is 2. The quantitative estimate of drug-likeness (QED) is 0.558. The first-order chi connectivity index (χ1) is 5.97. The topological polar surface area (TPSA) is 84.2 Å². The Morgan fingerprint density at radius 3 is 2.38 bits per heavy atom. The van der Waals surface area contributed by atoms with Gasteiger partial charge in [0.15, 0.2) is 0 Å². The zero-order chi connectivity index (χ0) is 9.95. The van der Waals surface area contributed by atoms with Crippen molar-refractivity contribution in [2.24, 2.45) is 5.73 Å². The Morgan fingerprint density at radius 2 is 2.00 bits per heavy atom. The van der Waals surface area contributed by atoms with Gasteiger partial charge in [0.1, 0.15) is 0 Å². The predicted octanol–water partition coefficient (Wildman–Crippen LogP) is -0.688. The fourth-order valence-electron chi connectivity index (χ4n) is 1.29. The van der Waals surface area contributed by atoms with E-state index in [1.807, 2.05) is 0 Å². The second kappa shape index (κ2) is 3.91. The monoisotopic (exact) mass is 207 g/mol. The minimum absolute atomic E-state index is 0.303. The van der Waals surface area contributed by atoms with E-state index in [9.17, 15) is 8.42 Å². The summed E-state index contributed by atoms with van der Waals surface area (Å²) in [6.07, 6.45) is 2.91. The van der Waals surface area contributed by atoms with Crippen LogP contribution in [0.5, 0.6) is 0 Å². The standard InChI is InChI=1S/C7H17N3O2S/c1-2-9-13(11,12)10-6-7(8)4-3-5-7/h9-10H,2-6,8H2,1H3. The largest absolute Gasteiger partial charge is 0.324 e. The van der Waals surface area contributed by atoms with Crippen LogP contribution in [-0.4, -0.2) is 27.0 Å². The third-order valence-electron chi connectivity index (χ3n) is 2.30. The molecule has 0 aliphatic heterocycles. The lowest BCUT2D eigenvalue weighted by Gasteiger charge is -2.37. The van der Waals surface area contributed by atoms with Crippen molar-refractivity contribution >= 4 is 10.2 Å². The van der Waals surface area contributed by atoms with E-state index in [2.05, 4.69) is 9.44 Å². The molecule has 1 aliphatic rings. The molecule has 0 amide bonds. The summed E-state index contributed by atoms with van der Waals surface area (Å²) in [6, 6.07) is 0. The van der Waals surface area contributed by atoms with Crippen molar-refractivity contribution in [1.29, 1.82) is 0 Å². The molecule has 0 aromatic heterocycles. The Labute approximate surface area is 79.3 Å². The van der Waals surface area contributed by atoms with Gasteiger partial charge in [0.25, 0.3) is 10.2 Å². The molecule has 0 unspecified atom stereocenters. The molecule has 0 spiro atoms. The molecule has 4 N–H and O–H groups in total. The molecule has 6 heteroatoms. The highest BCUT2D eigenvalue weighted by Gasteiger charge is 2.33. The van der Waals surface area contributed by atoms with Crippen molar-refractivity contribution in [2.75, 3.05) is 13.1 Å². The van der Waals surface area contributed by atoms with Gasteiger partial charge in [-0.05, 0) is 19.3 Å². The number of hydrogen-bond donors (Lipinski definition) is 3. The zero-order valence-electron chi connectivity index (χ0n) is 7.84. The zero-order valence-corrected chi connectivity index (χ0v) is 8.65. The van der Waals surface area contributed by atoms with E-state index in [0.717, 1.165) is 19.3 Å². The van der Waals surface area contributed by atoms with Gasteiger partial charge in [0.05, 0.1) is 0 Å². The van der Waals surface area contributed by atoms with E-state index >= 15 is 0 Å². The van der Waals surface area contributed by atoms with Crippen LogP contribution in [0.2, 0.25) is 0 Å². The molecular formula is C7H17N3O2S. The Balaban J connectivity index is 2.33. The highest BCUT2D eigenvalue weighted by atomic mass is 32.2. The molecule has 1 fully saturated rings. The van der Waals surface area contributed by atoms with Crippen LogP contribution in [0.3, 0.4) is 0 Å². The summed E-state index contributed by atoms with van der Waals surface area (Å²) in [5.74, 6) is 0. The second-order valence-corrected chi connectivity index (χ2v) is 5.12. The molecular weight excluding hydrogens is 190 g/mol. The van der Waals surface area contributed by atoms with Crippen LogP contribution < -0.4 is 15.2 Å². The predicted molar refractivity (Wildman–Crippen MR) is 51.4 cm³/mol. The van der Waals surface area contributed by atoms with Gasteiger partial charge in [-0.15, -0.1) is 0 Å².